The molecule has 2 aromatic rings. The first-order chi connectivity index (χ1) is 15.0. The van der Waals surface area contributed by atoms with E-state index < -0.39 is 11.9 Å². The van der Waals surface area contributed by atoms with Crippen LogP contribution in [-0.4, -0.2) is 18.5 Å². The highest BCUT2D eigenvalue weighted by atomic mass is 16.5. The number of benzene rings is 2. The highest BCUT2D eigenvalue weighted by Gasteiger charge is 2.32. The van der Waals surface area contributed by atoms with E-state index in [4.69, 9.17) is 9.47 Å². The average molecular weight is 439 g/mol. The quantitative estimate of drug-likeness (QED) is 0.337. The average Bonchev–Trinajstić information content (AvgIpc) is 2.70. The van der Waals surface area contributed by atoms with E-state index in [-0.39, 0.29) is 17.3 Å². The van der Waals surface area contributed by atoms with Crippen molar-refractivity contribution in [2.75, 3.05) is 6.61 Å². The van der Waals surface area contributed by atoms with Crippen LogP contribution >= 0.6 is 0 Å². The van der Waals surface area contributed by atoms with Crippen molar-refractivity contribution in [2.24, 2.45) is 5.92 Å². The molecule has 0 amide bonds. The number of aryl methyl sites for hydroxylation is 2. The van der Waals surface area contributed by atoms with Crippen LogP contribution in [0.5, 0.6) is 5.75 Å². The van der Waals surface area contributed by atoms with E-state index in [9.17, 15) is 9.59 Å². The number of carbonyl (C=O) groups is 2. The van der Waals surface area contributed by atoms with Gasteiger partial charge in [0, 0.05) is 5.56 Å². The van der Waals surface area contributed by atoms with Crippen LogP contribution in [0.1, 0.15) is 93.4 Å². The fourth-order valence-electron chi connectivity index (χ4n) is 3.84. The van der Waals surface area contributed by atoms with Gasteiger partial charge < -0.3 is 9.47 Å². The first kappa shape index (κ1) is 25.6. The van der Waals surface area contributed by atoms with Crippen molar-refractivity contribution < 1.29 is 19.1 Å². The lowest BCUT2D eigenvalue weighted by Crippen LogP contribution is -2.24. The molecule has 2 rings (SSSR count). The summed E-state index contributed by atoms with van der Waals surface area (Å²) < 4.78 is 11.3. The molecule has 174 valence electrons. The maximum Gasteiger partial charge on any atom is 0.343 e. The molecule has 4 heteroatoms. The molecule has 0 aliphatic heterocycles. The fraction of sp³-hybridized carbons (Fsp3) is 0.500. The minimum atomic E-state index is -0.523. The van der Waals surface area contributed by atoms with Crippen LogP contribution in [0, 0.1) is 12.8 Å². The van der Waals surface area contributed by atoms with Crippen LogP contribution in [0.15, 0.2) is 36.4 Å². The summed E-state index contributed by atoms with van der Waals surface area (Å²) in [4.78, 5) is 25.9. The van der Waals surface area contributed by atoms with Crippen LogP contribution < -0.4 is 4.74 Å². The zero-order valence-corrected chi connectivity index (χ0v) is 20.9. The fourth-order valence-corrected chi connectivity index (χ4v) is 3.84. The summed E-state index contributed by atoms with van der Waals surface area (Å²) in [5.41, 5.74) is 4.19. The van der Waals surface area contributed by atoms with Gasteiger partial charge >= 0.3 is 11.9 Å². The van der Waals surface area contributed by atoms with Gasteiger partial charge in [0.25, 0.3) is 0 Å². The third kappa shape index (κ3) is 6.21. The normalized spacial score (nSPS) is 12.5. The van der Waals surface area contributed by atoms with Crippen LogP contribution in [0.2, 0.25) is 0 Å². The van der Waals surface area contributed by atoms with Crippen molar-refractivity contribution in [1.29, 1.82) is 0 Å². The Labute approximate surface area is 193 Å². The Kier molecular flexibility index (Phi) is 8.65. The van der Waals surface area contributed by atoms with Crippen molar-refractivity contribution >= 4 is 11.9 Å². The van der Waals surface area contributed by atoms with Gasteiger partial charge in [0.1, 0.15) is 5.75 Å². The Bertz CT molecular complexity index is 933. The van der Waals surface area contributed by atoms with E-state index in [0.29, 0.717) is 23.5 Å². The zero-order valence-electron chi connectivity index (χ0n) is 20.9. The number of carbonyl (C=O) groups excluding carboxylic acids is 2. The second kappa shape index (κ2) is 10.8. The van der Waals surface area contributed by atoms with Gasteiger partial charge in [0.15, 0.2) is 0 Å². The largest absolute Gasteiger partial charge is 0.466 e. The van der Waals surface area contributed by atoms with Gasteiger partial charge in [-0.05, 0) is 60.4 Å². The number of ether oxygens (including phenoxy) is 2. The summed E-state index contributed by atoms with van der Waals surface area (Å²) in [5, 5.41) is 0. The standard InChI is InChI=1S/C28H38O4/c1-9-11-20-12-14-21(15-13-20)26(29)32-25-19(5)16-22(28(6,7)8)17-23(25)24(18(3)4)27(30)31-10-2/h12-18,24H,9-11H2,1-8H3. The van der Waals surface area contributed by atoms with E-state index in [1.165, 1.54) is 5.56 Å². The number of hydrogen-bond acceptors (Lipinski definition) is 4. The number of rotatable bonds is 8. The molecule has 0 spiro atoms. The molecule has 0 heterocycles. The van der Waals surface area contributed by atoms with E-state index >= 15 is 0 Å². The Balaban J connectivity index is 2.54. The molecule has 0 aliphatic carbocycles. The topological polar surface area (TPSA) is 52.6 Å². The third-order valence-electron chi connectivity index (χ3n) is 5.63. The van der Waals surface area contributed by atoms with Gasteiger partial charge in [0.2, 0.25) is 0 Å². The van der Waals surface area contributed by atoms with Crippen LogP contribution in [-0.2, 0) is 21.4 Å². The van der Waals surface area contributed by atoms with Crippen molar-refractivity contribution in [3.8, 4) is 5.75 Å². The van der Waals surface area contributed by atoms with E-state index in [0.717, 1.165) is 24.0 Å². The predicted molar refractivity (Wildman–Crippen MR) is 129 cm³/mol. The molecule has 1 unspecified atom stereocenters. The maximum absolute atomic E-state index is 13.0. The Morgan fingerprint density at radius 3 is 2.12 bits per heavy atom. The lowest BCUT2D eigenvalue weighted by atomic mass is 9.80. The summed E-state index contributed by atoms with van der Waals surface area (Å²) in [5.74, 6) is -0.811. The highest BCUT2D eigenvalue weighted by molar-refractivity contribution is 5.92. The Morgan fingerprint density at radius 2 is 1.62 bits per heavy atom. The van der Waals surface area contributed by atoms with Gasteiger partial charge in [-0.1, -0.05) is 72.2 Å². The Morgan fingerprint density at radius 1 is 1.00 bits per heavy atom. The van der Waals surface area contributed by atoms with Crippen molar-refractivity contribution in [2.45, 2.75) is 79.6 Å². The van der Waals surface area contributed by atoms with E-state index in [1.54, 1.807) is 19.1 Å². The van der Waals surface area contributed by atoms with Gasteiger partial charge in [-0.25, -0.2) is 4.79 Å². The molecule has 1 atom stereocenters. The van der Waals surface area contributed by atoms with Crippen LogP contribution in [0.3, 0.4) is 0 Å². The summed E-state index contributed by atoms with van der Waals surface area (Å²) in [6, 6.07) is 11.6. The molecular weight excluding hydrogens is 400 g/mol. The zero-order chi connectivity index (χ0) is 24.1. The molecular formula is C28H38O4. The van der Waals surface area contributed by atoms with Crippen LogP contribution in [0.25, 0.3) is 0 Å². The molecule has 4 nitrogen and oxygen atoms in total. The first-order valence-electron chi connectivity index (χ1n) is 11.6. The van der Waals surface area contributed by atoms with Crippen molar-refractivity contribution in [1.82, 2.24) is 0 Å². The summed E-state index contributed by atoms with van der Waals surface area (Å²) >= 11 is 0. The highest BCUT2D eigenvalue weighted by Crippen LogP contribution is 2.39. The van der Waals surface area contributed by atoms with Crippen molar-refractivity contribution in [3.63, 3.8) is 0 Å². The first-order valence-corrected chi connectivity index (χ1v) is 11.6. The molecule has 0 saturated carbocycles. The lowest BCUT2D eigenvalue weighted by Gasteiger charge is -2.27. The molecule has 0 radical (unpaired) electrons. The molecule has 0 bridgehead atoms. The predicted octanol–water partition coefficient (Wildman–Crippen LogP) is 6.77. The minimum Gasteiger partial charge on any atom is -0.466 e. The van der Waals surface area contributed by atoms with Gasteiger partial charge in [-0.15, -0.1) is 0 Å². The number of hydrogen-bond donors (Lipinski definition) is 0. The molecule has 0 aliphatic rings. The molecule has 2 aromatic carbocycles. The molecule has 0 fully saturated rings. The number of esters is 2. The second-order valence-corrected chi connectivity index (χ2v) is 9.77. The van der Waals surface area contributed by atoms with Gasteiger partial charge in [0.05, 0.1) is 18.1 Å². The second-order valence-electron chi connectivity index (χ2n) is 9.77. The monoisotopic (exact) mass is 438 g/mol. The summed E-state index contributed by atoms with van der Waals surface area (Å²) in [7, 11) is 0. The van der Waals surface area contributed by atoms with Gasteiger partial charge in [-0.3, -0.25) is 4.79 Å². The maximum atomic E-state index is 13.0. The van der Waals surface area contributed by atoms with E-state index in [1.807, 2.05) is 45.0 Å². The van der Waals surface area contributed by atoms with Crippen molar-refractivity contribution in [3.05, 3.63) is 64.2 Å². The summed E-state index contributed by atoms with van der Waals surface area (Å²) in [6.07, 6.45) is 2.03. The van der Waals surface area contributed by atoms with Crippen LogP contribution in [0.4, 0.5) is 0 Å². The lowest BCUT2D eigenvalue weighted by molar-refractivity contribution is -0.146. The molecule has 0 N–H and O–H groups in total. The Hall–Kier alpha value is -2.62. The SMILES string of the molecule is CCCc1ccc(C(=O)Oc2c(C)cc(C(C)(C)C)cc2C(C(=O)OCC)C(C)C)cc1. The minimum absolute atomic E-state index is 0.0190. The van der Waals surface area contributed by atoms with Gasteiger partial charge in [-0.2, -0.15) is 0 Å². The van der Waals surface area contributed by atoms with E-state index in [2.05, 4.69) is 27.7 Å². The molecule has 32 heavy (non-hydrogen) atoms. The smallest absolute Gasteiger partial charge is 0.343 e. The third-order valence-corrected chi connectivity index (χ3v) is 5.63. The summed E-state index contributed by atoms with van der Waals surface area (Å²) in [6.45, 7) is 16.5. The molecule has 0 saturated heterocycles. The molecule has 0 aromatic heterocycles.